The molecule has 25 heavy (non-hydrogen) atoms. The van der Waals surface area contributed by atoms with E-state index in [2.05, 4.69) is 6.92 Å². The number of aromatic carboxylic acids is 1. The zero-order chi connectivity index (χ0) is 18.4. The lowest BCUT2D eigenvalue weighted by Gasteiger charge is -2.15. The van der Waals surface area contributed by atoms with Gasteiger partial charge in [0, 0.05) is 5.56 Å². The number of carboxylic acids is 1. The molecule has 0 aromatic heterocycles. The molecule has 2 rings (SSSR count). The summed E-state index contributed by atoms with van der Waals surface area (Å²) in [5.41, 5.74) is 2.85. The minimum Gasteiger partial charge on any atom is -0.496 e. The average molecular weight is 344 g/mol. The summed E-state index contributed by atoms with van der Waals surface area (Å²) in [7, 11) is 1.50. The van der Waals surface area contributed by atoms with Crippen LogP contribution in [0.1, 0.15) is 53.4 Å². The number of aryl methyl sites for hydroxylation is 1. The summed E-state index contributed by atoms with van der Waals surface area (Å²) in [6.45, 7) is 4.10. The maximum absolute atomic E-state index is 11.1. The standard InChI is InChI=1S/C20H24O5/c1-4-5-15-10-14(13(2)21)8-9-18(15)25-12-17-7-6-16(20(22)23)11-19(17)24-3/h6-11,13,21H,4-5,12H2,1-3H3,(H,22,23). The molecule has 2 aromatic carbocycles. The number of aliphatic hydroxyl groups excluding tert-OH is 1. The van der Waals surface area contributed by atoms with Gasteiger partial charge in [0.05, 0.1) is 18.8 Å². The van der Waals surface area contributed by atoms with Crippen molar-refractivity contribution in [3.63, 3.8) is 0 Å². The van der Waals surface area contributed by atoms with Crippen molar-refractivity contribution in [2.24, 2.45) is 0 Å². The van der Waals surface area contributed by atoms with Gasteiger partial charge in [0.15, 0.2) is 0 Å². The number of benzene rings is 2. The number of ether oxygens (including phenoxy) is 2. The van der Waals surface area contributed by atoms with Gasteiger partial charge in [-0.05, 0) is 48.7 Å². The quantitative estimate of drug-likeness (QED) is 0.757. The predicted octanol–water partition coefficient (Wildman–Crippen LogP) is 3.98. The molecule has 0 fully saturated rings. The van der Waals surface area contributed by atoms with Crippen molar-refractivity contribution in [2.45, 2.75) is 39.4 Å². The molecule has 1 atom stereocenters. The van der Waals surface area contributed by atoms with Crippen molar-refractivity contribution in [3.05, 3.63) is 58.7 Å². The first-order valence-electron chi connectivity index (χ1n) is 8.30. The second-order valence-electron chi connectivity index (χ2n) is 5.91. The van der Waals surface area contributed by atoms with Gasteiger partial charge in [-0.2, -0.15) is 0 Å². The molecule has 2 aromatic rings. The first-order chi connectivity index (χ1) is 12.0. The van der Waals surface area contributed by atoms with Crippen LogP contribution in [0.2, 0.25) is 0 Å². The van der Waals surface area contributed by atoms with Gasteiger partial charge in [0.2, 0.25) is 0 Å². The summed E-state index contributed by atoms with van der Waals surface area (Å²) in [6.07, 6.45) is 1.30. The first kappa shape index (κ1) is 18.8. The van der Waals surface area contributed by atoms with Gasteiger partial charge in [-0.15, -0.1) is 0 Å². The Hall–Kier alpha value is -2.53. The van der Waals surface area contributed by atoms with E-state index >= 15 is 0 Å². The van der Waals surface area contributed by atoms with E-state index in [1.165, 1.54) is 19.2 Å². The smallest absolute Gasteiger partial charge is 0.335 e. The van der Waals surface area contributed by atoms with Gasteiger partial charge in [-0.3, -0.25) is 0 Å². The van der Waals surface area contributed by atoms with E-state index in [4.69, 9.17) is 14.6 Å². The normalized spacial score (nSPS) is 11.8. The molecule has 0 aliphatic carbocycles. The minimum atomic E-state index is -0.996. The van der Waals surface area contributed by atoms with Crippen molar-refractivity contribution in [3.8, 4) is 11.5 Å². The first-order valence-corrected chi connectivity index (χ1v) is 8.30. The molecular formula is C20H24O5. The number of aliphatic hydroxyl groups is 1. The van der Waals surface area contributed by atoms with E-state index in [9.17, 15) is 9.90 Å². The molecule has 0 spiro atoms. The lowest BCUT2D eigenvalue weighted by atomic mass is 10.0. The molecule has 0 saturated carbocycles. The molecule has 1 unspecified atom stereocenters. The molecule has 0 aliphatic rings. The number of hydrogen-bond acceptors (Lipinski definition) is 4. The minimum absolute atomic E-state index is 0.175. The second kappa shape index (κ2) is 8.53. The highest BCUT2D eigenvalue weighted by molar-refractivity contribution is 5.88. The molecule has 2 N–H and O–H groups in total. The van der Waals surface area contributed by atoms with Crippen LogP contribution in [0.4, 0.5) is 0 Å². The van der Waals surface area contributed by atoms with Crippen LogP contribution >= 0.6 is 0 Å². The third kappa shape index (κ3) is 4.73. The fourth-order valence-electron chi connectivity index (χ4n) is 2.62. The number of carbonyl (C=O) groups is 1. The number of methoxy groups -OCH3 is 1. The number of hydrogen-bond donors (Lipinski definition) is 2. The van der Waals surface area contributed by atoms with Gasteiger partial charge in [-0.1, -0.05) is 25.5 Å². The molecule has 0 bridgehead atoms. The highest BCUT2D eigenvalue weighted by atomic mass is 16.5. The Labute approximate surface area is 147 Å². The van der Waals surface area contributed by atoms with Gasteiger partial charge < -0.3 is 19.7 Å². The summed E-state index contributed by atoms with van der Waals surface area (Å²) < 4.78 is 11.2. The molecule has 5 heteroatoms. The highest BCUT2D eigenvalue weighted by Crippen LogP contribution is 2.27. The van der Waals surface area contributed by atoms with E-state index in [0.717, 1.165) is 35.3 Å². The van der Waals surface area contributed by atoms with E-state index in [1.807, 2.05) is 18.2 Å². The molecule has 0 heterocycles. The van der Waals surface area contributed by atoms with Crippen LogP contribution in [-0.4, -0.2) is 23.3 Å². The Morgan fingerprint density at radius 3 is 2.48 bits per heavy atom. The zero-order valence-corrected chi connectivity index (χ0v) is 14.8. The van der Waals surface area contributed by atoms with Crippen LogP contribution in [0.15, 0.2) is 36.4 Å². The number of rotatable bonds is 8. The zero-order valence-electron chi connectivity index (χ0n) is 14.8. The van der Waals surface area contributed by atoms with E-state index in [1.54, 1.807) is 13.0 Å². The summed E-state index contributed by atoms with van der Waals surface area (Å²) in [6, 6.07) is 10.4. The Morgan fingerprint density at radius 2 is 1.88 bits per heavy atom. The molecule has 0 saturated heterocycles. The topological polar surface area (TPSA) is 76.0 Å². The van der Waals surface area contributed by atoms with E-state index in [0.29, 0.717) is 5.75 Å². The maximum Gasteiger partial charge on any atom is 0.335 e. The van der Waals surface area contributed by atoms with Crippen molar-refractivity contribution in [1.82, 2.24) is 0 Å². The third-order valence-corrected chi connectivity index (χ3v) is 4.00. The fourth-order valence-corrected chi connectivity index (χ4v) is 2.62. The molecule has 0 amide bonds. The summed E-state index contributed by atoms with van der Waals surface area (Å²) in [5, 5.41) is 18.8. The summed E-state index contributed by atoms with van der Waals surface area (Å²) in [4.78, 5) is 11.1. The van der Waals surface area contributed by atoms with Gasteiger partial charge in [0.25, 0.3) is 0 Å². The highest BCUT2D eigenvalue weighted by Gasteiger charge is 2.12. The lowest BCUT2D eigenvalue weighted by Crippen LogP contribution is -2.04. The van der Waals surface area contributed by atoms with Crippen molar-refractivity contribution in [2.75, 3.05) is 7.11 Å². The van der Waals surface area contributed by atoms with Crippen LogP contribution in [-0.2, 0) is 13.0 Å². The average Bonchev–Trinajstić information content (AvgIpc) is 2.60. The SMILES string of the molecule is CCCc1cc(C(C)O)ccc1OCc1ccc(C(=O)O)cc1OC. The molecular weight excluding hydrogens is 320 g/mol. The Morgan fingerprint density at radius 1 is 1.12 bits per heavy atom. The van der Waals surface area contributed by atoms with Gasteiger partial charge in [0.1, 0.15) is 18.1 Å². The van der Waals surface area contributed by atoms with Crippen molar-refractivity contribution < 1.29 is 24.5 Å². The van der Waals surface area contributed by atoms with Gasteiger partial charge in [-0.25, -0.2) is 4.79 Å². The summed E-state index contributed by atoms with van der Waals surface area (Å²) >= 11 is 0. The predicted molar refractivity (Wildman–Crippen MR) is 95.4 cm³/mol. The monoisotopic (exact) mass is 344 g/mol. The van der Waals surface area contributed by atoms with Gasteiger partial charge >= 0.3 is 5.97 Å². The van der Waals surface area contributed by atoms with Crippen LogP contribution in [0, 0.1) is 0 Å². The van der Waals surface area contributed by atoms with Crippen LogP contribution in [0.3, 0.4) is 0 Å². The summed E-state index contributed by atoms with van der Waals surface area (Å²) in [5.74, 6) is 0.248. The van der Waals surface area contributed by atoms with Crippen LogP contribution in [0.25, 0.3) is 0 Å². The molecule has 0 aliphatic heterocycles. The molecule has 134 valence electrons. The number of carboxylic acid groups (broad SMARTS) is 1. The van der Waals surface area contributed by atoms with E-state index in [-0.39, 0.29) is 12.2 Å². The second-order valence-corrected chi connectivity index (χ2v) is 5.91. The van der Waals surface area contributed by atoms with E-state index < -0.39 is 12.1 Å². The molecule has 0 radical (unpaired) electrons. The van der Waals surface area contributed by atoms with Crippen molar-refractivity contribution >= 4 is 5.97 Å². The lowest BCUT2D eigenvalue weighted by molar-refractivity contribution is 0.0696. The fraction of sp³-hybridized carbons (Fsp3) is 0.350. The Kier molecular flexibility index (Phi) is 6.42. The van der Waals surface area contributed by atoms with Crippen LogP contribution < -0.4 is 9.47 Å². The van der Waals surface area contributed by atoms with Crippen molar-refractivity contribution in [1.29, 1.82) is 0 Å². The maximum atomic E-state index is 11.1. The Balaban J connectivity index is 2.22. The van der Waals surface area contributed by atoms with Crippen LogP contribution in [0.5, 0.6) is 11.5 Å². The largest absolute Gasteiger partial charge is 0.496 e. The Bertz CT molecular complexity index is 737. The molecule has 5 nitrogen and oxygen atoms in total. The third-order valence-electron chi connectivity index (χ3n) is 4.00.